The van der Waals surface area contributed by atoms with Gasteiger partial charge in [0.15, 0.2) is 0 Å². The zero-order chi connectivity index (χ0) is 8.36. The Morgan fingerprint density at radius 3 is 2.36 bits per heavy atom. The molecule has 0 aliphatic heterocycles. The van der Waals surface area contributed by atoms with E-state index in [0.717, 1.165) is 32.0 Å². The third kappa shape index (κ3) is 9.14. The molecule has 0 rings (SSSR count). The van der Waals surface area contributed by atoms with Crippen LogP contribution in [0.2, 0.25) is 0 Å². The van der Waals surface area contributed by atoms with Crippen molar-refractivity contribution in [1.29, 1.82) is 0 Å². The predicted molar refractivity (Wildman–Crippen MR) is 41.2 cm³/mol. The summed E-state index contributed by atoms with van der Waals surface area (Å²) in [6.45, 7) is 0.968. The molecule has 0 radical (unpaired) electrons. The van der Waals surface area contributed by atoms with Gasteiger partial charge in [0.1, 0.15) is 6.29 Å². The molecule has 3 nitrogen and oxygen atoms in total. The average molecular weight is 158 g/mol. The van der Waals surface area contributed by atoms with Gasteiger partial charge in [-0.3, -0.25) is 4.79 Å². The Bertz CT molecular complexity index is 89.5. The molecule has 64 valence electrons. The maximum Gasteiger partial charge on any atom is 0.293 e. The predicted octanol–water partition coefficient (Wildman–Crippen LogP) is 1.31. The van der Waals surface area contributed by atoms with Crippen molar-refractivity contribution in [3.63, 3.8) is 0 Å². The standard InChI is InChI=1S/C8H14O3/c9-6-4-2-1-3-5-7-11-8-10/h6,8H,1-5,7H2. The van der Waals surface area contributed by atoms with Crippen LogP contribution < -0.4 is 0 Å². The van der Waals surface area contributed by atoms with E-state index in [2.05, 4.69) is 4.74 Å². The summed E-state index contributed by atoms with van der Waals surface area (Å²) in [4.78, 5) is 19.5. The lowest BCUT2D eigenvalue weighted by molar-refractivity contribution is -0.128. The van der Waals surface area contributed by atoms with Gasteiger partial charge in [0, 0.05) is 6.42 Å². The molecule has 3 heteroatoms. The number of unbranched alkanes of at least 4 members (excludes halogenated alkanes) is 4. The zero-order valence-electron chi connectivity index (χ0n) is 6.62. The normalized spacial score (nSPS) is 9.09. The molecule has 0 aromatic carbocycles. The Morgan fingerprint density at radius 1 is 1.00 bits per heavy atom. The summed E-state index contributed by atoms with van der Waals surface area (Å²) in [5.41, 5.74) is 0. The molecule has 0 saturated heterocycles. The van der Waals surface area contributed by atoms with E-state index in [1.54, 1.807) is 0 Å². The first-order valence-electron chi connectivity index (χ1n) is 3.90. The summed E-state index contributed by atoms with van der Waals surface area (Å²) in [7, 11) is 0. The van der Waals surface area contributed by atoms with Gasteiger partial charge in [0.2, 0.25) is 0 Å². The van der Waals surface area contributed by atoms with Crippen LogP contribution in [0.5, 0.6) is 0 Å². The number of carbonyl (C=O) groups is 2. The third-order valence-electron chi connectivity index (χ3n) is 1.40. The molecule has 0 unspecified atom stereocenters. The number of rotatable bonds is 8. The van der Waals surface area contributed by atoms with Crippen LogP contribution in [0.3, 0.4) is 0 Å². The van der Waals surface area contributed by atoms with Crippen molar-refractivity contribution in [3.8, 4) is 0 Å². The van der Waals surface area contributed by atoms with Gasteiger partial charge in [0.25, 0.3) is 6.47 Å². The second-order valence-electron chi connectivity index (χ2n) is 2.34. The highest BCUT2D eigenvalue weighted by molar-refractivity contribution is 5.48. The Hall–Kier alpha value is -0.860. The van der Waals surface area contributed by atoms with E-state index in [9.17, 15) is 9.59 Å². The molecule has 0 amide bonds. The minimum absolute atomic E-state index is 0.464. The fraction of sp³-hybridized carbons (Fsp3) is 0.750. The summed E-state index contributed by atoms with van der Waals surface area (Å²) >= 11 is 0. The molecule has 0 aliphatic rings. The lowest BCUT2D eigenvalue weighted by Gasteiger charge is -1.97. The lowest BCUT2D eigenvalue weighted by Crippen LogP contribution is -1.91. The first-order valence-corrected chi connectivity index (χ1v) is 3.90. The molecule has 0 heterocycles. The van der Waals surface area contributed by atoms with Gasteiger partial charge >= 0.3 is 0 Å². The van der Waals surface area contributed by atoms with E-state index in [1.165, 1.54) is 0 Å². The van der Waals surface area contributed by atoms with Gasteiger partial charge in [-0.25, -0.2) is 0 Å². The van der Waals surface area contributed by atoms with Gasteiger partial charge < -0.3 is 9.53 Å². The van der Waals surface area contributed by atoms with Gasteiger partial charge in [-0.2, -0.15) is 0 Å². The molecular weight excluding hydrogens is 144 g/mol. The van der Waals surface area contributed by atoms with Gasteiger partial charge in [-0.15, -0.1) is 0 Å². The quantitative estimate of drug-likeness (QED) is 0.395. The highest BCUT2D eigenvalue weighted by atomic mass is 16.5. The SMILES string of the molecule is O=CCCCCCCOC=O. The van der Waals surface area contributed by atoms with Crippen LogP contribution in [0.1, 0.15) is 32.1 Å². The molecule has 0 atom stereocenters. The van der Waals surface area contributed by atoms with Crippen LogP contribution in [0.25, 0.3) is 0 Å². The number of hydrogen-bond donors (Lipinski definition) is 0. The number of aldehydes is 1. The molecule has 0 aromatic heterocycles. The molecule has 0 saturated carbocycles. The summed E-state index contributed by atoms with van der Waals surface area (Å²) in [6.07, 6.45) is 5.50. The second kappa shape index (κ2) is 9.14. The fourth-order valence-electron chi connectivity index (χ4n) is 0.815. The molecule has 0 spiro atoms. The van der Waals surface area contributed by atoms with Crippen LogP contribution in [-0.2, 0) is 14.3 Å². The first kappa shape index (κ1) is 10.1. The summed E-state index contributed by atoms with van der Waals surface area (Å²) in [5.74, 6) is 0. The first-order chi connectivity index (χ1) is 5.41. The van der Waals surface area contributed by atoms with Crippen LogP contribution in [0.15, 0.2) is 0 Å². The van der Waals surface area contributed by atoms with Crippen molar-refractivity contribution < 1.29 is 14.3 Å². The topological polar surface area (TPSA) is 43.4 Å². The second-order valence-corrected chi connectivity index (χ2v) is 2.34. The van der Waals surface area contributed by atoms with Crippen molar-refractivity contribution in [3.05, 3.63) is 0 Å². The maximum atomic E-state index is 9.87. The fourth-order valence-corrected chi connectivity index (χ4v) is 0.815. The van der Waals surface area contributed by atoms with Crippen molar-refractivity contribution in [1.82, 2.24) is 0 Å². The van der Waals surface area contributed by atoms with E-state index in [4.69, 9.17) is 0 Å². The van der Waals surface area contributed by atoms with Crippen molar-refractivity contribution >= 4 is 12.8 Å². The number of carbonyl (C=O) groups excluding carboxylic acids is 2. The smallest absolute Gasteiger partial charge is 0.293 e. The molecule has 0 N–H and O–H groups in total. The summed E-state index contributed by atoms with van der Waals surface area (Å²) < 4.78 is 4.49. The van der Waals surface area contributed by atoms with Crippen molar-refractivity contribution in [2.24, 2.45) is 0 Å². The largest absolute Gasteiger partial charge is 0.468 e. The Kier molecular flexibility index (Phi) is 8.43. The zero-order valence-corrected chi connectivity index (χ0v) is 6.62. The molecule has 0 aromatic rings. The van der Waals surface area contributed by atoms with Crippen LogP contribution in [-0.4, -0.2) is 19.4 Å². The average Bonchev–Trinajstić information content (AvgIpc) is 2.03. The van der Waals surface area contributed by atoms with E-state index in [-0.39, 0.29) is 0 Å². The van der Waals surface area contributed by atoms with Gasteiger partial charge in [0.05, 0.1) is 6.61 Å². The molecular formula is C8H14O3. The minimum atomic E-state index is 0.464. The summed E-state index contributed by atoms with van der Waals surface area (Å²) in [5, 5.41) is 0. The van der Waals surface area contributed by atoms with Crippen LogP contribution in [0.4, 0.5) is 0 Å². The van der Waals surface area contributed by atoms with E-state index in [0.29, 0.717) is 19.5 Å². The van der Waals surface area contributed by atoms with Crippen molar-refractivity contribution in [2.45, 2.75) is 32.1 Å². The van der Waals surface area contributed by atoms with Crippen LogP contribution in [0, 0.1) is 0 Å². The minimum Gasteiger partial charge on any atom is -0.468 e. The molecule has 0 bridgehead atoms. The third-order valence-corrected chi connectivity index (χ3v) is 1.40. The van der Waals surface area contributed by atoms with Crippen molar-refractivity contribution in [2.75, 3.05) is 6.61 Å². The maximum absolute atomic E-state index is 9.87. The Balaban J connectivity index is 2.79. The van der Waals surface area contributed by atoms with E-state index in [1.807, 2.05) is 0 Å². The lowest BCUT2D eigenvalue weighted by atomic mass is 10.2. The van der Waals surface area contributed by atoms with Crippen LogP contribution >= 0.6 is 0 Å². The Labute approximate surface area is 66.7 Å². The highest BCUT2D eigenvalue weighted by Gasteiger charge is 1.89. The summed E-state index contributed by atoms with van der Waals surface area (Å²) in [6, 6.07) is 0. The van der Waals surface area contributed by atoms with E-state index >= 15 is 0 Å². The Morgan fingerprint density at radius 2 is 1.73 bits per heavy atom. The molecule has 11 heavy (non-hydrogen) atoms. The molecule has 0 fully saturated rings. The monoisotopic (exact) mass is 158 g/mol. The van der Waals surface area contributed by atoms with Gasteiger partial charge in [-0.05, 0) is 12.8 Å². The van der Waals surface area contributed by atoms with E-state index < -0.39 is 0 Å². The number of hydrogen-bond acceptors (Lipinski definition) is 3. The highest BCUT2D eigenvalue weighted by Crippen LogP contribution is 2.00. The van der Waals surface area contributed by atoms with Gasteiger partial charge in [-0.1, -0.05) is 12.8 Å². The number of ether oxygens (including phenoxy) is 1. The molecule has 0 aliphatic carbocycles.